The maximum absolute atomic E-state index is 13.0. The molecule has 1 aromatic heterocycles. The zero-order valence-electron chi connectivity index (χ0n) is 14.5. The van der Waals surface area contributed by atoms with Crippen LogP contribution >= 0.6 is 0 Å². The van der Waals surface area contributed by atoms with Gasteiger partial charge in [0.25, 0.3) is 5.91 Å². The molecule has 0 saturated carbocycles. The van der Waals surface area contributed by atoms with E-state index < -0.39 is 17.6 Å². The highest BCUT2D eigenvalue weighted by Crippen LogP contribution is 2.36. The largest absolute Gasteiger partial charge is 0.443 e. The summed E-state index contributed by atoms with van der Waals surface area (Å²) >= 11 is 0. The average Bonchev–Trinajstić information content (AvgIpc) is 2.81. The number of aromatic nitrogens is 1. The Hall–Kier alpha value is -3.09. The van der Waals surface area contributed by atoms with Crippen molar-refractivity contribution >= 4 is 23.4 Å². The number of nitrogen functional groups attached to an aromatic ring is 1. The number of nitrogens with two attached hydrogens (primary N) is 1. The average molecular weight is 343 g/mol. The molecule has 1 aliphatic rings. The first-order chi connectivity index (χ1) is 11.7. The van der Waals surface area contributed by atoms with Gasteiger partial charge in [0.1, 0.15) is 5.60 Å². The molecule has 1 aliphatic heterocycles. The molecule has 0 aromatic carbocycles. The number of amides is 2. The van der Waals surface area contributed by atoms with E-state index >= 15 is 0 Å². The summed E-state index contributed by atoms with van der Waals surface area (Å²) in [6, 6.07) is 0. The first-order valence-electron chi connectivity index (χ1n) is 7.64. The summed E-state index contributed by atoms with van der Waals surface area (Å²) in [6.07, 6.45) is 5.29. The second-order valence-corrected chi connectivity index (χ2v) is 6.37. The van der Waals surface area contributed by atoms with Gasteiger partial charge in [-0.25, -0.2) is 9.69 Å². The Bertz CT molecular complexity index is 794. The van der Waals surface area contributed by atoms with Crippen molar-refractivity contribution in [3.8, 4) is 0 Å². The van der Waals surface area contributed by atoms with Crippen molar-refractivity contribution in [3.63, 3.8) is 0 Å². The smallest absolute Gasteiger partial charge is 0.417 e. The fraction of sp³-hybridized carbons (Fsp3) is 0.278. The number of allylic oxidation sites excluding steroid dienone is 4. The Morgan fingerprint density at radius 1 is 1.28 bits per heavy atom. The quantitative estimate of drug-likeness (QED) is 0.828. The molecule has 1 aromatic rings. The monoisotopic (exact) mass is 343 g/mol. The zero-order valence-corrected chi connectivity index (χ0v) is 14.5. The van der Waals surface area contributed by atoms with Gasteiger partial charge in [-0.15, -0.1) is 0 Å². The number of hydrogen-bond acceptors (Lipinski definition) is 6. The van der Waals surface area contributed by atoms with E-state index in [1.807, 2.05) is 0 Å². The molecule has 2 amide bonds. The molecule has 0 aliphatic carbocycles. The van der Waals surface area contributed by atoms with E-state index in [1.165, 1.54) is 18.2 Å². The molecule has 7 nitrogen and oxygen atoms in total. The van der Waals surface area contributed by atoms with Crippen molar-refractivity contribution < 1.29 is 18.8 Å². The molecular formula is C18H21N3O4. The Kier molecular flexibility index (Phi) is 4.97. The SMILES string of the molecule is C=C/C=C1\C(=C/C=C)C(=O)N(C(=O)OC(C)(C)C)Cc2onc(N)c21. The maximum Gasteiger partial charge on any atom is 0.417 e. The topological polar surface area (TPSA) is 98.7 Å². The second kappa shape index (κ2) is 6.80. The van der Waals surface area contributed by atoms with Gasteiger partial charge in [0.2, 0.25) is 0 Å². The number of nitrogens with zero attached hydrogens (tertiary/aromatic N) is 2. The number of fused-ring (bicyclic) bond motifs is 1. The van der Waals surface area contributed by atoms with Crippen LogP contribution in [-0.4, -0.2) is 27.7 Å². The van der Waals surface area contributed by atoms with Crippen LogP contribution in [0.4, 0.5) is 10.6 Å². The third-order valence-corrected chi connectivity index (χ3v) is 3.31. The number of anilines is 1. The summed E-state index contributed by atoms with van der Waals surface area (Å²) < 4.78 is 10.6. The molecule has 0 bridgehead atoms. The first-order valence-corrected chi connectivity index (χ1v) is 7.64. The van der Waals surface area contributed by atoms with Gasteiger partial charge < -0.3 is 15.0 Å². The van der Waals surface area contributed by atoms with E-state index in [-0.39, 0.29) is 23.7 Å². The van der Waals surface area contributed by atoms with Crippen LogP contribution in [0.25, 0.3) is 5.57 Å². The van der Waals surface area contributed by atoms with E-state index in [4.69, 9.17) is 15.0 Å². The molecule has 0 spiro atoms. The number of carbonyl (C=O) groups is 2. The van der Waals surface area contributed by atoms with Gasteiger partial charge in [-0.05, 0) is 26.8 Å². The predicted octanol–water partition coefficient (Wildman–Crippen LogP) is 3.22. The van der Waals surface area contributed by atoms with E-state index in [0.717, 1.165) is 4.90 Å². The lowest BCUT2D eigenvalue weighted by atomic mass is 9.97. The van der Waals surface area contributed by atoms with Gasteiger partial charge in [0.05, 0.1) is 12.1 Å². The minimum Gasteiger partial charge on any atom is -0.443 e. The summed E-state index contributed by atoms with van der Waals surface area (Å²) in [7, 11) is 0. The molecule has 2 rings (SSSR count). The molecular weight excluding hydrogens is 322 g/mol. The predicted molar refractivity (Wildman–Crippen MR) is 94.2 cm³/mol. The lowest BCUT2D eigenvalue weighted by molar-refractivity contribution is -0.126. The highest BCUT2D eigenvalue weighted by molar-refractivity contribution is 6.15. The third-order valence-electron chi connectivity index (χ3n) is 3.31. The fourth-order valence-electron chi connectivity index (χ4n) is 2.38. The fourth-order valence-corrected chi connectivity index (χ4v) is 2.38. The van der Waals surface area contributed by atoms with Crippen LogP contribution in [0.3, 0.4) is 0 Å². The van der Waals surface area contributed by atoms with Crippen LogP contribution in [-0.2, 0) is 16.1 Å². The molecule has 25 heavy (non-hydrogen) atoms. The minimum absolute atomic E-state index is 0.122. The molecule has 2 N–H and O–H groups in total. The van der Waals surface area contributed by atoms with Gasteiger partial charge in [-0.2, -0.15) is 0 Å². The maximum atomic E-state index is 13.0. The van der Waals surface area contributed by atoms with Gasteiger partial charge in [-0.1, -0.05) is 36.5 Å². The summed E-state index contributed by atoms with van der Waals surface area (Å²) in [5, 5.41) is 3.74. The highest BCUT2D eigenvalue weighted by Gasteiger charge is 2.37. The van der Waals surface area contributed by atoms with Gasteiger partial charge in [0, 0.05) is 11.1 Å². The number of ether oxygens (including phenoxy) is 1. The van der Waals surface area contributed by atoms with Crippen LogP contribution in [0, 0.1) is 0 Å². The molecule has 2 heterocycles. The van der Waals surface area contributed by atoms with Crippen LogP contribution in [0.1, 0.15) is 32.1 Å². The summed E-state index contributed by atoms with van der Waals surface area (Å²) in [4.78, 5) is 26.4. The molecule has 0 atom stereocenters. The second-order valence-electron chi connectivity index (χ2n) is 6.37. The highest BCUT2D eigenvalue weighted by atomic mass is 16.6. The van der Waals surface area contributed by atoms with Gasteiger partial charge in [0.15, 0.2) is 11.6 Å². The van der Waals surface area contributed by atoms with E-state index in [9.17, 15) is 9.59 Å². The Balaban J connectivity index is 2.62. The van der Waals surface area contributed by atoms with Gasteiger partial charge >= 0.3 is 6.09 Å². The lowest BCUT2D eigenvalue weighted by Crippen LogP contribution is -2.40. The van der Waals surface area contributed by atoms with E-state index in [2.05, 4.69) is 18.3 Å². The third kappa shape index (κ3) is 3.71. The van der Waals surface area contributed by atoms with Gasteiger partial charge in [-0.3, -0.25) is 4.79 Å². The lowest BCUT2D eigenvalue weighted by Gasteiger charge is -2.25. The minimum atomic E-state index is -0.784. The molecule has 0 fully saturated rings. The molecule has 0 saturated heterocycles. The van der Waals surface area contributed by atoms with Crippen LogP contribution in [0.2, 0.25) is 0 Å². The Labute approximate surface area is 146 Å². The van der Waals surface area contributed by atoms with Crippen molar-refractivity contribution in [1.82, 2.24) is 10.1 Å². The van der Waals surface area contributed by atoms with Crippen LogP contribution in [0.15, 0.2) is 47.6 Å². The van der Waals surface area contributed by atoms with Crippen molar-refractivity contribution in [1.29, 1.82) is 0 Å². The number of hydrogen-bond donors (Lipinski definition) is 1. The standard InChI is InChI=1S/C18H21N3O4/c1-6-8-11-12(9-7-2)16(22)21(17(23)24-18(3,4)5)10-13-14(11)15(19)20-25-13/h6-9H,1-2,10H2,3-5H3,(H2,19,20)/b11-8+,12-9+. The molecule has 0 radical (unpaired) electrons. The number of carbonyl (C=O) groups excluding carboxylic acids is 2. The molecule has 132 valence electrons. The van der Waals surface area contributed by atoms with Crippen molar-refractivity contribution in [2.45, 2.75) is 32.9 Å². The number of rotatable bonds is 2. The van der Waals surface area contributed by atoms with Crippen molar-refractivity contribution in [3.05, 3.63) is 54.4 Å². The molecule has 0 unspecified atom stereocenters. The van der Waals surface area contributed by atoms with Crippen LogP contribution < -0.4 is 5.73 Å². The normalized spacial score (nSPS) is 18.0. The van der Waals surface area contributed by atoms with E-state index in [0.29, 0.717) is 11.1 Å². The first kappa shape index (κ1) is 18.3. The van der Waals surface area contributed by atoms with E-state index in [1.54, 1.807) is 26.8 Å². The Morgan fingerprint density at radius 3 is 2.44 bits per heavy atom. The van der Waals surface area contributed by atoms with Crippen LogP contribution in [0.5, 0.6) is 0 Å². The summed E-state index contributed by atoms with van der Waals surface area (Å²) in [5.74, 6) is -0.137. The Morgan fingerprint density at radius 2 is 1.88 bits per heavy atom. The molecule has 7 heteroatoms. The number of imide groups is 1. The summed E-state index contributed by atoms with van der Waals surface area (Å²) in [6.45, 7) is 12.3. The van der Waals surface area contributed by atoms with Crippen molar-refractivity contribution in [2.24, 2.45) is 0 Å². The van der Waals surface area contributed by atoms with Crippen molar-refractivity contribution in [2.75, 3.05) is 5.73 Å². The summed E-state index contributed by atoms with van der Waals surface area (Å²) in [5.41, 5.74) is 6.27. The zero-order chi connectivity index (χ0) is 18.8.